The number of nitrogens with one attached hydrogen (secondary N) is 1. The maximum atomic E-state index is 13.5. The quantitative estimate of drug-likeness (QED) is 0.378. The number of halogens is 2. The lowest BCUT2D eigenvalue weighted by Gasteiger charge is -2.09. The zero-order valence-electron chi connectivity index (χ0n) is 18.5. The standard InChI is InChI=1S/C25H20ClFN6O/c1-15-20(13-32(2)30-15)23-11-19(18-8-3-4-9-22(18)28-23)25(34)29-24-21(26)14-33(31-24)12-16-6-5-7-17(27)10-16/h3-11,13-14H,12H2,1-2H3,(H,29,31,34). The van der Waals surface area contributed by atoms with E-state index in [1.165, 1.54) is 12.1 Å². The molecule has 7 nitrogen and oxygen atoms in total. The molecule has 0 radical (unpaired) electrons. The summed E-state index contributed by atoms with van der Waals surface area (Å²) in [6.07, 6.45) is 3.47. The number of hydrogen-bond donors (Lipinski definition) is 1. The summed E-state index contributed by atoms with van der Waals surface area (Å²) in [6.45, 7) is 2.22. The van der Waals surface area contributed by atoms with Gasteiger partial charge in [0.2, 0.25) is 0 Å². The minimum absolute atomic E-state index is 0.225. The van der Waals surface area contributed by atoms with Crippen molar-refractivity contribution >= 4 is 34.2 Å². The van der Waals surface area contributed by atoms with E-state index < -0.39 is 0 Å². The summed E-state index contributed by atoms with van der Waals surface area (Å²) in [5.41, 5.74) is 4.18. The summed E-state index contributed by atoms with van der Waals surface area (Å²) in [4.78, 5) is 18.1. The summed E-state index contributed by atoms with van der Waals surface area (Å²) in [5, 5.41) is 12.6. The van der Waals surface area contributed by atoms with Gasteiger partial charge in [-0.15, -0.1) is 0 Å². The minimum atomic E-state index is -0.362. The van der Waals surface area contributed by atoms with Gasteiger partial charge in [0.25, 0.3) is 5.91 Å². The molecule has 9 heteroatoms. The van der Waals surface area contributed by atoms with Crippen LogP contribution < -0.4 is 5.32 Å². The van der Waals surface area contributed by atoms with Gasteiger partial charge < -0.3 is 5.32 Å². The summed E-state index contributed by atoms with van der Waals surface area (Å²) < 4.78 is 16.8. The molecule has 5 rings (SSSR count). The SMILES string of the molecule is Cc1nn(C)cc1-c1cc(C(=O)Nc2nn(Cc3cccc(F)c3)cc2Cl)c2ccccc2n1. The van der Waals surface area contributed by atoms with Crippen molar-refractivity contribution in [3.05, 3.63) is 94.7 Å². The smallest absolute Gasteiger partial charge is 0.257 e. The van der Waals surface area contributed by atoms with Crippen molar-refractivity contribution < 1.29 is 9.18 Å². The average molecular weight is 475 g/mol. The molecule has 0 atom stereocenters. The third kappa shape index (κ3) is 4.27. The number of carbonyl (C=O) groups is 1. The highest BCUT2D eigenvalue weighted by Crippen LogP contribution is 2.28. The fourth-order valence-electron chi connectivity index (χ4n) is 3.91. The Morgan fingerprint density at radius 1 is 1.09 bits per heavy atom. The molecule has 0 unspecified atom stereocenters. The zero-order chi connectivity index (χ0) is 23.8. The van der Waals surface area contributed by atoms with E-state index in [0.717, 1.165) is 16.8 Å². The van der Waals surface area contributed by atoms with Crippen LogP contribution in [-0.2, 0) is 13.6 Å². The Labute approximate surface area is 199 Å². The number of hydrogen-bond acceptors (Lipinski definition) is 4. The lowest BCUT2D eigenvalue weighted by atomic mass is 10.0. The van der Waals surface area contributed by atoms with Crippen LogP contribution >= 0.6 is 11.6 Å². The molecule has 1 amide bonds. The van der Waals surface area contributed by atoms with E-state index >= 15 is 0 Å². The largest absolute Gasteiger partial charge is 0.304 e. The summed E-state index contributed by atoms with van der Waals surface area (Å²) in [5.74, 6) is -0.462. The fraction of sp³-hybridized carbons (Fsp3) is 0.120. The molecule has 0 aliphatic carbocycles. The average Bonchev–Trinajstić information content (AvgIpc) is 3.32. The first-order valence-corrected chi connectivity index (χ1v) is 10.9. The topological polar surface area (TPSA) is 77.6 Å². The van der Waals surface area contributed by atoms with Gasteiger partial charge in [0.15, 0.2) is 5.82 Å². The zero-order valence-corrected chi connectivity index (χ0v) is 19.2. The molecule has 170 valence electrons. The highest BCUT2D eigenvalue weighted by molar-refractivity contribution is 6.33. The Balaban J connectivity index is 1.48. The predicted molar refractivity (Wildman–Crippen MR) is 129 cm³/mol. The van der Waals surface area contributed by atoms with Crippen molar-refractivity contribution in [3.8, 4) is 11.3 Å². The van der Waals surface area contributed by atoms with Crippen LogP contribution in [0, 0.1) is 12.7 Å². The Hall–Kier alpha value is -4.04. The van der Waals surface area contributed by atoms with E-state index in [4.69, 9.17) is 16.6 Å². The molecular formula is C25H20ClFN6O. The highest BCUT2D eigenvalue weighted by Gasteiger charge is 2.18. The molecule has 3 aromatic heterocycles. The van der Waals surface area contributed by atoms with Gasteiger partial charge in [-0.3, -0.25) is 14.2 Å². The van der Waals surface area contributed by atoms with Gasteiger partial charge in [-0.25, -0.2) is 9.37 Å². The number of fused-ring (bicyclic) bond motifs is 1. The lowest BCUT2D eigenvalue weighted by molar-refractivity contribution is 0.102. The molecule has 3 heterocycles. The van der Waals surface area contributed by atoms with Crippen LogP contribution in [0.5, 0.6) is 0 Å². The number of anilines is 1. The second-order valence-corrected chi connectivity index (χ2v) is 8.39. The number of pyridine rings is 1. The third-order valence-corrected chi connectivity index (χ3v) is 5.71. The van der Waals surface area contributed by atoms with Crippen LogP contribution in [-0.4, -0.2) is 30.5 Å². The van der Waals surface area contributed by atoms with Gasteiger partial charge in [-0.1, -0.05) is 41.9 Å². The Morgan fingerprint density at radius 2 is 1.91 bits per heavy atom. The first-order valence-electron chi connectivity index (χ1n) is 10.6. The van der Waals surface area contributed by atoms with Gasteiger partial charge in [-0.05, 0) is 36.8 Å². The van der Waals surface area contributed by atoms with Crippen LogP contribution in [0.3, 0.4) is 0 Å². The molecular weight excluding hydrogens is 455 g/mol. The number of rotatable bonds is 5. The highest BCUT2D eigenvalue weighted by atomic mass is 35.5. The van der Waals surface area contributed by atoms with Crippen LogP contribution in [0.15, 0.2) is 67.0 Å². The van der Waals surface area contributed by atoms with Gasteiger partial charge in [-0.2, -0.15) is 10.2 Å². The third-order valence-electron chi connectivity index (χ3n) is 5.43. The van der Waals surface area contributed by atoms with E-state index in [2.05, 4.69) is 15.5 Å². The summed E-state index contributed by atoms with van der Waals surface area (Å²) >= 11 is 6.35. The molecule has 5 aromatic rings. The normalized spacial score (nSPS) is 11.2. The van der Waals surface area contributed by atoms with Gasteiger partial charge in [0.1, 0.15) is 10.8 Å². The van der Waals surface area contributed by atoms with E-state index in [-0.39, 0.29) is 22.6 Å². The van der Waals surface area contributed by atoms with Crippen molar-refractivity contribution in [1.29, 1.82) is 0 Å². The van der Waals surface area contributed by atoms with Gasteiger partial charge in [0, 0.05) is 30.4 Å². The number of aryl methyl sites for hydroxylation is 2. The number of aromatic nitrogens is 5. The van der Waals surface area contributed by atoms with Crippen LogP contribution in [0.25, 0.3) is 22.2 Å². The van der Waals surface area contributed by atoms with Crippen LogP contribution in [0.2, 0.25) is 5.02 Å². The number of amides is 1. The fourth-order valence-corrected chi connectivity index (χ4v) is 4.11. The molecule has 34 heavy (non-hydrogen) atoms. The predicted octanol–water partition coefficient (Wildman–Crippen LogP) is 5.23. The monoisotopic (exact) mass is 474 g/mol. The summed E-state index contributed by atoms with van der Waals surface area (Å²) in [7, 11) is 1.84. The first kappa shape index (κ1) is 21.8. The molecule has 0 bridgehead atoms. The van der Waals surface area contributed by atoms with E-state index in [9.17, 15) is 9.18 Å². The lowest BCUT2D eigenvalue weighted by Crippen LogP contribution is -2.14. The maximum Gasteiger partial charge on any atom is 0.257 e. The second-order valence-electron chi connectivity index (χ2n) is 7.98. The van der Waals surface area contributed by atoms with Crippen molar-refractivity contribution in [2.75, 3.05) is 5.32 Å². The van der Waals surface area contributed by atoms with E-state index in [0.29, 0.717) is 28.7 Å². The van der Waals surface area contributed by atoms with E-state index in [1.54, 1.807) is 33.8 Å². The number of benzene rings is 2. The van der Waals surface area contributed by atoms with Crippen molar-refractivity contribution in [2.45, 2.75) is 13.5 Å². The van der Waals surface area contributed by atoms with Crippen molar-refractivity contribution in [1.82, 2.24) is 24.5 Å². The van der Waals surface area contributed by atoms with Crippen molar-refractivity contribution in [3.63, 3.8) is 0 Å². The molecule has 0 aliphatic heterocycles. The Bertz CT molecular complexity index is 1540. The van der Waals surface area contributed by atoms with Gasteiger partial charge in [0.05, 0.1) is 29.0 Å². The number of nitrogens with zero attached hydrogens (tertiary/aromatic N) is 5. The van der Waals surface area contributed by atoms with Crippen LogP contribution in [0.4, 0.5) is 10.2 Å². The molecule has 0 spiro atoms. The molecule has 1 N–H and O–H groups in total. The Kier molecular flexibility index (Phi) is 5.59. The summed E-state index contributed by atoms with van der Waals surface area (Å²) in [6, 6.07) is 15.4. The molecule has 0 aliphatic rings. The molecule has 0 saturated carbocycles. The second kappa shape index (κ2) is 8.72. The van der Waals surface area contributed by atoms with Crippen molar-refractivity contribution in [2.24, 2.45) is 7.05 Å². The maximum absolute atomic E-state index is 13.5. The number of para-hydroxylation sites is 1. The molecule has 2 aromatic carbocycles. The first-order chi connectivity index (χ1) is 16.4. The minimum Gasteiger partial charge on any atom is -0.304 e. The van der Waals surface area contributed by atoms with E-state index in [1.807, 2.05) is 44.4 Å². The molecule has 0 fully saturated rings. The van der Waals surface area contributed by atoms with Crippen LogP contribution in [0.1, 0.15) is 21.6 Å². The Morgan fingerprint density at radius 3 is 2.68 bits per heavy atom. The van der Waals surface area contributed by atoms with Gasteiger partial charge >= 0.3 is 0 Å². The molecule has 0 saturated heterocycles. The number of carbonyl (C=O) groups excluding carboxylic acids is 1.